The van der Waals surface area contributed by atoms with E-state index >= 15 is 0 Å². The van der Waals surface area contributed by atoms with Crippen molar-refractivity contribution in [2.24, 2.45) is 0 Å². The van der Waals surface area contributed by atoms with Gasteiger partial charge in [-0.2, -0.15) is 11.8 Å². The third-order valence-corrected chi connectivity index (χ3v) is 3.46. The Morgan fingerprint density at radius 1 is 1.12 bits per heavy atom. The maximum absolute atomic E-state index is 3.53. The molecule has 0 bridgehead atoms. The first kappa shape index (κ1) is 13.6. The molecule has 0 spiro atoms. The Balaban J connectivity index is 2.21. The predicted octanol–water partition coefficient (Wildman–Crippen LogP) is 3.48. The van der Waals surface area contributed by atoms with E-state index in [1.165, 1.54) is 29.7 Å². The molecule has 2 heteroatoms. The van der Waals surface area contributed by atoms with Crippen molar-refractivity contribution in [2.45, 2.75) is 32.7 Å². The topological polar surface area (TPSA) is 12.0 Å². The van der Waals surface area contributed by atoms with Gasteiger partial charge in [-0.1, -0.05) is 31.2 Å². The highest BCUT2D eigenvalue weighted by atomic mass is 32.2. The van der Waals surface area contributed by atoms with Gasteiger partial charge in [0.2, 0.25) is 0 Å². The molecule has 16 heavy (non-hydrogen) atoms. The van der Waals surface area contributed by atoms with E-state index in [4.69, 9.17) is 0 Å². The van der Waals surface area contributed by atoms with Crippen molar-refractivity contribution in [3.8, 4) is 0 Å². The Labute approximate surface area is 104 Å². The standard InChI is InChI=1S/C14H23NS/c1-3-13-8-4-5-9-14(13)12-15-10-6-7-11-16-2/h4-5,8-9,15H,3,6-7,10-12H2,1-2H3. The molecule has 0 fully saturated rings. The minimum atomic E-state index is 1.02. The highest BCUT2D eigenvalue weighted by molar-refractivity contribution is 7.98. The summed E-state index contributed by atoms with van der Waals surface area (Å²) < 4.78 is 0. The van der Waals surface area contributed by atoms with Crippen molar-refractivity contribution in [1.29, 1.82) is 0 Å². The van der Waals surface area contributed by atoms with E-state index < -0.39 is 0 Å². The van der Waals surface area contributed by atoms with Gasteiger partial charge in [0.15, 0.2) is 0 Å². The lowest BCUT2D eigenvalue weighted by Gasteiger charge is -2.08. The summed E-state index contributed by atoms with van der Waals surface area (Å²) in [6.07, 6.45) is 5.91. The molecule has 0 aliphatic rings. The summed E-state index contributed by atoms with van der Waals surface area (Å²) in [7, 11) is 0. The molecule has 1 N–H and O–H groups in total. The summed E-state index contributed by atoms with van der Waals surface area (Å²) in [5.41, 5.74) is 2.92. The Morgan fingerprint density at radius 2 is 1.88 bits per heavy atom. The molecule has 1 nitrogen and oxygen atoms in total. The molecule has 1 aromatic rings. The van der Waals surface area contributed by atoms with Crippen LogP contribution in [0.1, 0.15) is 30.9 Å². The third kappa shape index (κ3) is 5.04. The van der Waals surface area contributed by atoms with Crippen molar-refractivity contribution in [3.05, 3.63) is 35.4 Å². The fourth-order valence-corrected chi connectivity index (χ4v) is 2.29. The van der Waals surface area contributed by atoms with Crippen molar-refractivity contribution >= 4 is 11.8 Å². The first-order valence-corrected chi connectivity index (χ1v) is 7.54. The molecular formula is C14H23NS. The predicted molar refractivity (Wildman–Crippen MR) is 75.1 cm³/mol. The molecule has 0 atom stereocenters. The third-order valence-electron chi connectivity index (χ3n) is 2.77. The number of thioether (sulfide) groups is 1. The Hall–Kier alpha value is -0.470. The van der Waals surface area contributed by atoms with Crippen LogP contribution in [0, 0.1) is 0 Å². The van der Waals surface area contributed by atoms with Crippen molar-refractivity contribution in [1.82, 2.24) is 5.32 Å². The van der Waals surface area contributed by atoms with Gasteiger partial charge in [-0.05, 0) is 48.9 Å². The maximum Gasteiger partial charge on any atom is 0.0208 e. The van der Waals surface area contributed by atoms with Crippen LogP contribution in [-0.4, -0.2) is 18.6 Å². The lowest BCUT2D eigenvalue weighted by molar-refractivity contribution is 0.641. The second-order valence-corrected chi connectivity index (χ2v) is 4.98. The van der Waals surface area contributed by atoms with E-state index in [-0.39, 0.29) is 0 Å². The van der Waals surface area contributed by atoms with Gasteiger partial charge in [-0.25, -0.2) is 0 Å². The molecule has 0 aliphatic heterocycles. The highest BCUT2D eigenvalue weighted by Gasteiger charge is 1.98. The molecule has 0 aliphatic carbocycles. The Bertz CT molecular complexity index is 286. The number of rotatable bonds is 8. The second kappa shape index (κ2) is 8.66. The van der Waals surface area contributed by atoms with Gasteiger partial charge in [0, 0.05) is 6.54 Å². The van der Waals surface area contributed by atoms with Gasteiger partial charge in [-0.3, -0.25) is 0 Å². The molecule has 0 heterocycles. The summed E-state index contributed by atoms with van der Waals surface area (Å²) in [4.78, 5) is 0. The van der Waals surface area contributed by atoms with Crippen LogP contribution in [-0.2, 0) is 13.0 Å². The van der Waals surface area contributed by atoms with Crippen molar-refractivity contribution in [3.63, 3.8) is 0 Å². The Morgan fingerprint density at radius 3 is 2.56 bits per heavy atom. The number of hydrogen-bond acceptors (Lipinski definition) is 2. The molecule has 0 saturated heterocycles. The zero-order chi connectivity index (χ0) is 11.6. The minimum Gasteiger partial charge on any atom is -0.313 e. The van der Waals surface area contributed by atoms with Crippen LogP contribution in [0.15, 0.2) is 24.3 Å². The monoisotopic (exact) mass is 237 g/mol. The lowest BCUT2D eigenvalue weighted by Crippen LogP contribution is -2.15. The number of aryl methyl sites for hydroxylation is 1. The van der Waals surface area contributed by atoms with Crippen LogP contribution in [0.4, 0.5) is 0 Å². The fraction of sp³-hybridized carbons (Fsp3) is 0.571. The van der Waals surface area contributed by atoms with E-state index in [1.54, 1.807) is 0 Å². The van der Waals surface area contributed by atoms with Gasteiger partial charge < -0.3 is 5.32 Å². The fourth-order valence-electron chi connectivity index (χ4n) is 1.79. The first-order valence-electron chi connectivity index (χ1n) is 6.15. The smallest absolute Gasteiger partial charge is 0.0208 e. The SMILES string of the molecule is CCc1ccccc1CNCCCCSC. The molecule has 1 rings (SSSR count). The molecular weight excluding hydrogens is 214 g/mol. The van der Waals surface area contributed by atoms with E-state index in [1.807, 2.05) is 11.8 Å². The average Bonchev–Trinajstić information content (AvgIpc) is 2.34. The van der Waals surface area contributed by atoms with Gasteiger partial charge in [-0.15, -0.1) is 0 Å². The lowest BCUT2D eigenvalue weighted by atomic mass is 10.1. The number of benzene rings is 1. The largest absolute Gasteiger partial charge is 0.313 e. The number of hydrogen-bond donors (Lipinski definition) is 1. The summed E-state index contributed by atoms with van der Waals surface area (Å²) in [6.45, 7) is 4.37. The summed E-state index contributed by atoms with van der Waals surface area (Å²) >= 11 is 1.93. The number of nitrogens with one attached hydrogen (secondary N) is 1. The van der Waals surface area contributed by atoms with Crippen LogP contribution in [0.2, 0.25) is 0 Å². The molecule has 0 radical (unpaired) electrons. The van der Waals surface area contributed by atoms with Crippen LogP contribution in [0.3, 0.4) is 0 Å². The molecule has 0 unspecified atom stereocenters. The van der Waals surface area contributed by atoms with E-state index in [0.717, 1.165) is 19.5 Å². The van der Waals surface area contributed by atoms with Crippen molar-refractivity contribution in [2.75, 3.05) is 18.6 Å². The first-order chi connectivity index (χ1) is 7.88. The summed E-state index contributed by atoms with van der Waals surface area (Å²) in [6, 6.07) is 8.71. The number of unbranched alkanes of at least 4 members (excludes halogenated alkanes) is 1. The highest BCUT2D eigenvalue weighted by Crippen LogP contribution is 2.08. The van der Waals surface area contributed by atoms with Gasteiger partial charge in [0.05, 0.1) is 0 Å². The quantitative estimate of drug-likeness (QED) is 0.695. The summed E-state index contributed by atoms with van der Waals surface area (Å²) in [5, 5.41) is 3.53. The summed E-state index contributed by atoms with van der Waals surface area (Å²) in [5.74, 6) is 1.28. The van der Waals surface area contributed by atoms with E-state index in [9.17, 15) is 0 Å². The maximum atomic E-state index is 3.53. The van der Waals surface area contributed by atoms with E-state index in [2.05, 4.69) is 42.8 Å². The second-order valence-electron chi connectivity index (χ2n) is 4.00. The average molecular weight is 237 g/mol. The zero-order valence-corrected chi connectivity index (χ0v) is 11.3. The van der Waals surface area contributed by atoms with Crippen LogP contribution < -0.4 is 5.32 Å². The van der Waals surface area contributed by atoms with Crippen LogP contribution in [0.5, 0.6) is 0 Å². The van der Waals surface area contributed by atoms with Gasteiger partial charge in [0.25, 0.3) is 0 Å². The van der Waals surface area contributed by atoms with Crippen molar-refractivity contribution < 1.29 is 0 Å². The minimum absolute atomic E-state index is 1.02. The molecule has 0 saturated carbocycles. The van der Waals surface area contributed by atoms with Gasteiger partial charge >= 0.3 is 0 Å². The van der Waals surface area contributed by atoms with Gasteiger partial charge in [0.1, 0.15) is 0 Å². The van der Waals surface area contributed by atoms with Crippen LogP contribution >= 0.6 is 11.8 Å². The normalized spacial score (nSPS) is 10.6. The zero-order valence-electron chi connectivity index (χ0n) is 10.5. The molecule has 90 valence electrons. The molecule has 0 amide bonds. The molecule has 0 aromatic heterocycles. The molecule has 1 aromatic carbocycles. The van der Waals surface area contributed by atoms with E-state index in [0.29, 0.717) is 0 Å². The Kier molecular flexibility index (Phi) is 7.35. The van der Waals surface area contributed by atoms with Crippen LogP contribution in [0.25, 0.3) is 0 Å².